The smallest absolute Gasteiger partial charge is 0.260 e. The number of benzene rings is 1. The van der Waals surface area contributed by atoms with Crippen molar-refractivity contribution in [3.63, 3.8) is 0 Å². The third-order valence-electron chi connectivity index (χ3n) is 5.46. The van der Waals surface area contributed by atoms with Crippen molar-refractivity contribution in [2.24, 2.45) is 0 Å². The van der Waals surface area contributed by atoms with E-state index >= 15 is 0 Å². The zero-order valence-electron chi connectivity index (χ0n) is 17.5. The number of amides is 2. The lowest BCUT2D eigenvalue weighted by molar-refractivity contribution is -0.139. The van der Waals surface area contributed by atoms with Crippen molar-refractivity contribution in [2.75, 3.05) is 11.9 Å². The molecular formula is C23H25N3O4S. The molecule has 1 saturated heterocycles. The Hall–Kier alpha value is -3.13. The molecule has 4 rings (SSSR count). The predicted molar refractivity (Wildman–Crippen MR) is 119 cm³/mol. The molecule has 2 aromatic heterocycles. The van der Waals surface area contributed by atoms with Gasteiger partial charge in [-0.3, -0.25) is 14.9 Å². The van der Waals surface area contributed by atoms with Crippen molar-refractivity contribution in [3.8, 4) is 17.2 Å². The summed E-state index contributed by atoms with van der Waals surface area (Å²) in [6, 6.07) is 10.8. The first-order chi connectivity index (χ1) is 15.0. The quantitative estimate of drug-likeness (QED) is 0.595. The maximum atomic E-state index is 12.6. The van der Waals surface area contributed by atoms with Crippen LogP contribution in [0.3, 0.4) is 0 Å². The summed E-state index contributed by atoms with van der Waals surface area (Å²) in [6.45, 7) is 4.16. The molecule has 2 atom stereocenters. The third-order valence-corrected chi connectivity index (χ3v) is 6.22. The molecule has 0 spiro atoms. The zero-order valence-corrected chi connectivity index (χ0v) is 18.4. The predicted octanol–water partition coefficient (Wildman–Crippen LogP) is 4.82. The van der Waals surface area contributed by atoms with Crippen molar-refractivity contribution < 1.29 is 18.7 Å². The molecule has 2 unspecified atom stereocenters. The second kappa shape index (κ2) is 9.34. The van der Waals surface area contributed by atoms with Crippen molar-refractivity contribution in [2.45, 2.75) is 45.2 Å². The molecule has 0 aliphatic carbocycles. The summed E-state index contributed by atoms with van der Waals surface area (Å²) in [5, 5.41) is 5.11. The van der Waals surface area contributed by atoms with Gasteiger partial charge in [0, 0.05) is 23.0 Å². The summed E-state index contributed by atoms with van der Waals surface area (Å²) in [4.78, 5) is 31.4. The number of piperidine rings is 1. The highest BCUT2D eigenvalue weighted by molar-refractivity contribution is 7.14. The van der Waals surface area contributed by atoms with E-state index in [4.69, 9.17) is 9.15 Å². The van der Waals surface area contributed by atoms with Crippen molar-refractivity contribution >= 4 is 28.3 Å². The Labute approximate surface area is 185 Å². The molecule has 3 aromatic rings. The van der Waals surface area contributed by atoms with Gasteiger partial charge in [-0.2, -0.15) is 0 Å². The second-order valence-electron chi connectivity index (χ2n) is 7.71. The summed E-state index contributed by atoms with van der Waals surface area (Å²) in [6.07, 6.45) is 4.80. The number of hydrogen-bond donors (Lipinski definition) is 1. The fraction of sp³-hybridized carbons (Fsp3) is 0.348. The van der Waals surface area contributed by atoms with E-state index in [0.29, 0.717) is 27.9 Å². The number of nitrogens with one attached hydrogen (secondary N) is 1. The standard InChI is InChI=1S/C23H25N3O4S/c1-15-5-3-6-16(2)26(15)21(27)13-30-18-10-8-17(9-11-18)22(28)25-23-24-19(14-31-23)20-7-4-12-29-20/h4,7-12,14-16H,3,5-6,13H2,1-2H3,(H,24,25,28). The summed E-state index contributed by atoms with van der Waals surface area (Å²) < 4.78 is 11.0. The number of nitrogens with zero attached hydrogens (tertiary/aromatic N) is 2. The maximum absolute atomic E-state index is 12.6. The fourth-order valence-electron chi connectivity index (χ4n) is 3.87. The molecule has 0 radical (unpaired) electrons. The minimum absolute atomic E-state index is 0.00218. The number of anilines is 1. The lowest BCUT2D eigenvalue weighted by atomic mass is 9.97. The first kappa shape index (κ1) is 21.1. The average molecular weight is 440 g/mol. The van der Waals surface area contributed by atoms with Crippen LogP contribution in [0, 0.1) is 0 Å². The molecule has 1 N–H and O–H groups in total. The van der Waals surface area contributed by atoms with Gasteiger partial charge in [0.2, 0.25) is 0 Å². The SMILES string of the molecule is CC1CCCC(C)N1C(=O)COc1ccc(C(=O)Nc2nc(-c3ccco3)cs2)cc1. The van der Waals surface area contributed by atoms with Crippen molar-refractivity contribution in [1.82, 2.24) is 9.88 Å². The molecule has 3 heterocycles. The van der Waals surface area contributed by atoms with Gasteiger partial charge in [0.1, 0.15) is 11.4 Å². The highest BCUT2D eigenvalue weighted by atomic mass is 32.1. The number of hydrogen-bond acceptors (Lipinski definition) is 6. The molecule has 1 aliphatic rings. The minimum Gasteiger partial charge on any atom is -0.484 e. The average Bonchev–Trinajstić information content (AvgIpc) is 3.44. The van der Waals surface area contributed by atoms with E-state index in [1.807, 2.05) is 16.3 Å². The number of carbonyl (C=O) groups is 2. The molecule has 1 fully saturated rings. The van der Waals surface area contributed by atoms with Gasteiger partial charge in [-0.25, -0.2) is 4.98 Å². The molecule has 162 valence electrons. The van der Waals surface area contributed by atoms with Crippen LogP contribution in [0.4, 0.5) is 5.13 Å². The van der Waals surface area contributed by atoms with Gasteiger partial charge >= 0.3 is 0 Å². The van der Waals surface area contributed by atoms with E-state index in [-0.39, 0.29) is 30.5 Å². The largest absolute Gasteiger partial charge is 0.484 e. The first-order valence-corrected chi connectivity index (χ1v) is 11.2. The van der Waals surface area contributed by atoms with Gasteiger partial charge in [-0.1, -0.05) is 0 Å². The first-order valence-electron chi connectivity index (χ1n) is 10.4. The molecule has 0 saturated carbocycles. The summed E-state index contributed by atoms with van der Waals surface area (Å²) >= 11 is 1.33. The molecule has 31 heavy (non-hydrogen) atoms. The fourth-order valence-corrected chi connectivity index (χ4v) is 4.57. The van der Waals surface area contributed by atoms with Crippen LogP contribution in [0.2, 0.25) is 0 Å². The Morgan fingerprint density at radius 3 is 2.61 bits per heavy atom. The Bertz CT molecular complexity index is 1020. The third kappa shape index (κ3) is 4.96. The summed E-state index contributed by atoms with van der Waals surface area (Å²) in [5.41, 5.74) is 1.16. The van der Waals surface area contributed by atoms with Gasteiger partial charge in [0.15, 0.2) is 17.5 Å². The monoisotopic (exact) mass is 439 g/mol. The van der Waals surface area contributed by atoms with Crippen molar-refractivity contribution in [3.05, 3.63) is 53.6 Å². The normalized spacial score (nSPS) is 18.6. The minimum atomic E-state index is -0.265. The Morgan fingerprint density at radius 1 is 1.19 bits per heavy atom. The number of rotatable bonds is 6. The number of ether oxygens (including phenoxy) is 1. The molecular weight excluding hydrogens is 414 g/mol. The van der Waals surface area contributed by atoms with Gasteiger partial charge in [-0.15, -0.1) is 11.3 Å². The Kier molecular flexibility index (Phi) is 6.36. The molecule has 2 amide bonds. The lowest BCUT2D eigenvalue weighted by Gasteiger charge is -2.38. The Morgan fingerprint density at radius 2 is 1.94 bits per heavy atom. The molecule has 7 nitrogen and oxygen atoms in total. The number of aromatic nitrogens is 1. The maximum Gasteiger partial charge on any atom is 0.260 e. The molecule has 0 bridgehead atoms. The number of likely N-dealkylation sites (tertiary alicyclic amines) is 1. The van der Waals surface area contributed by atoms with E-state index in [1.54, 1.807) is 36.6 Å². The van der Waals surface area contributed by atoms with Crippen LogP contribution >= 0.6 is 11.3 Å². The zero-order chi connectivity index (χ0) is 21.8. The van der Waals surface area contributed by atoms with E-state index in [2.05, 4.69) is 24.1 Å². The van der Waals surface area contributed by atoms with Crippen LogP contribution in [0.5, 0.6) is 5.75 Å². The highest BCUT2D eigenvalue weighted by Gasteiger charge is 2.29. The van der Waals surface area contributed by atoms with Gasteiger partial charge in [-0.05, 0) is 69.5 Å². The van der Waals surface area contributed by atoms with Crippen LogP contribution in [0.15, 0.2) is 52.5 Å². The van der Waals surface area contributed by atoms with Gasteiger partial charge in [0.05, 0.1) is 6.26 Å². The Balaban J connectivity index is 1.31. The highest BCUT2D eigenvalue weighted by Crippen LogP contribution is 2.26. The summed E-state index contributed by atoms with van der Waals surface area (Å²) in [5.74, 6) is 0.939. The van der Waals surface area contributed by atoms with Crippen LogP contribution < -0.4 is 10.1 Å². The number of thiazole rings is 1. The van der Waals surface area contributed by atoms with Crippen LogP contribution in [0.1, 0.15) is 43.5 Å². The van der Waals surface area contributed by atoms with Gasteiger partial charge in [0.25, 0.3) is 11.8 Å². The molecule has 8 heteroatoms. The van der Waals surface area contributed by atoms with Crippen LogP contribution in [-0.2, 0) is 4.79 Å². The summed E-state index contributed by atoms with van der Waals surface area (Å²) in [7, 11) is 0. The van der Waals surface area contributed by atoms with E-state index in [9.17, 15) is 9.59 Å². The van der Waals surface area contributed by atoms with E-state index < -0.39 is 0 Å². The van der Waals surface area contributed by atoms with Gasteiger partial charge < -0.3 is 14.1 Å². The van der Waals surface area contributed by atoms with Crippen LogP contribution in [0.25, 0.3) is 11.5 Å². The molecule has 1 aliphatic heterocycles. The van der Waals surface area contributed by atoms with Crippen molar-refractivity contribution in [1.29, 1.82) is 0 Å². The van der Waals surface area contributed by atoms with E-state index in [0.717, 1.165) is 19.3 Å². The topological polar surface area (TPSA) is 84.7 Å². The van der Waals surface area contributed by atoms with Crippen LogP contribution in [-0.4, -0.2) is 40.4 Å². The second-order valence-corrected chi connectivity index (χ2v) is 8.57. The lowest BCUT2D eigenvalue weighted by Crippen LogP contribution is -2.49. The number of carbonyl (C=O) groups excluding carboxylic acids is 2. The number of furan rings is 1. The van der Waals surface area contributed by atoms with E-state index in [1.165, 1.54) is 11.3 Å². The molecule has 1 aromatic carbocycles.